The van der Waals surface area contributed by atoms with Crippen LogP contribution in [-0.4, -0.2) is 16.1 Å². The number of rotatable bonds is 7. The van der Waals surface area contributed by atoms with Crippen molar-refractivity contribution < 1.29 is 4.39 Å². The maximum Gasteiger partial charge on any atom is 0.123 e. The zero-order chi connectivity index (χ0) is 14.4. The molecule has 0 saturated carbocycles. The number of aromatic nitrogens is 2. The van der Waals surface area contributed by atoms with Crippen LogP contribution >= 0.6 is 0 Å². The van der Waals surface area contributed by atoms with Crippen LogP contribution in [0.1, 0.15) is 37.7 Å². The molecular weight excluding hydrogens is 253 g/mol. The minimum atomic E-state index is -0.196. The molecule has 1 unspecified atom stereocenters. The van der Waals surface area contributed by atoms with Gasteiger partial charge in [-0.25, -0.2) is 9.37 Å². The second-order valence-corrected chi connectivity index (χ2v) is 4.89. The van der Waals surface area contributed by atoms with Crippen LogP contribution in [0.25, 0.3) is 0 Å². The predicted molar refractivity (Wildman–Crippen MR) is 79.0 cm³/mol. The molecule has 4 heteroatoms. The van der Waals surface area contributed by atoms with Crippen molar-refractivity contribution in [3.8, 4) is 0 Å². The van der Waals surface area contributed by atoms with E-state index in [0.29, 0.717) is 0 Å². The fourth-order valence-corrected chi connectivity index (χ4v) is 2.32. The topological polar surface area (TPSA) is 29.9 Å². The first kappa shape index (κ1) is 14.7. The van der Waals surface area contributed by atoms with E-state index < -0.39 is 0 Å². The molecule has 1 N–H and O–H groups in total. The van der Waals surface area contributed by atoms with E-state index in [-0.39, 0.29) is 11.9 Å². The van der Waals surface area contributed by atoms with E-state index in [1.165, 1.54) is 12.1 Å². The van der Waals surface area contributed by atoms with Crippen molar-refractivity contribution in [1.29, 1.82) is 0 Å². The van der Waals surface area contributed by atoms with Gasteiger partial charge in [-0.1, -0.05) is 19.1 Å². The summed E-state index contributed by atoms with van der Waals surface area (Å²) in [5.41, 5.74) is 1.10. The molecule has 0 saturated heterocycles. The Hall–Kier alpha value is -1.68. The quantitative estimate of drug-likeness (QED) is 0.840. The fraction of sp³-hybridized carbons (Fsp3) is 0.438. The molecule has 0 bridgehead atoms. The lowest BCUT2D eigenvalue weighted by Crippen LogP contribution is -2.25. The largest absolute Gasteiger partial charge is 0.335 e. The van der Waals surface area contributed by atoms with E-state index in [4.69, 9.17) is 0 Å². The minimum Gasteiger partial charge on any atom is -0.335 e. The molecule has 2 rings (SSSR count). The molecule has 1 heterocycles. The molecule has 0 radical (unpaired) electrons. The van der Waals surface area contributed by atoms with Gasteiger partial charge in [0.05, 0.1) is 0 Å². The van der Waals surface area contributed by atoms with E-state index in [2.05, 4.69) is 28.7 Å². The lowest BCUT2D eigenvalue weighted by atomic mass is 10.0. The summed E-state index contributed by atoms with van der Waals surface area (Å²) in [5.74, 6) is 0.864. The van der Waals surface area contributed by atoms with Gasteiger partial charge in [-0.3, -0.25) is 0 Å². The van der Waals surface area contributed by atoms with Crippen molar-refractivity contribution in [2.45, 2.75) is 39.3 Å². The number of halogens is 1. The fourth-order valence-electron chi connectivity index (χ4n) is 2.32. The summed E-state index contributed by atoms with van der Waals surface area (Å²) >= 11 is 0. The molecule has 1 aromatic heterocycles. The lowest BCUT2D eigenvalue weighted by Gasteiger charge is -2.19. The van der Waals surface area contributed by atoms with Crippen LogP contribution in [0.4, 0.5) is 4.39 Å². The highest BCUT2D eigenvalue weighted by atomic mass is 19.1. The standard InChI is InChI=1S/C16H22FN3/c1-3-9-18-15(13-5-7-14(17)8-6-13)12-16-19-10-11-20(16)4-2/h5-8,10-11,15,18H,3-4,9,12H2,1-2H3. The number of nitrogens with one attached hydrogen (secondary N) is 1. The third-order valence-corrected chi connectivity index (χ3v) is 3.44. The first-order valence-corrected chi connectivity index (χ1v) is 7.23. The van der Waals surface area contributed by atoms with Gasteiger partial charge < -0.3 is 9.88 Å². The minimum absolute atomic E-state index is 0.170. The maximum atomic E-state index is 13.1. The number of hydrogen-bond donors (Lipinski definition) is 1. The van der Waals surface area contributed by atoms with Crippen LogP contribution in [0.3, 0.4) is 0 Å². The van der Waals surface area contributed by atoms with Crippen molar-refractivity contribution >= 4 is 0 Å². The third kappa shape index (κ3) is 3.67. The predicted octanol–water partition coefficient (Wildman–Crippen LogP) is 3.33. The van der Waals surface area contributed by atoms with Crippen molar-refractivity contribution in [2.24, 2.45) is 0 Å². The molecule has 108 valence electrons. The molecule has 0 fully saturated rings. The van der Waals surface area contributed by atoms with Gasteiger partial charge in [0.15, 0.2) is 0 Å². The van der Waals surface area contributed by atoms with Crippen molar-refractivity contribution in [3.05, 3.63) is 53.9 Å². The Balaban J connectivity index is 2.17. The van der Waals surface area contributed by atoms with Crippen molar-refractivity contribution in [2.75, 3.05) is 6.54 Å². The molecule has 0 amide bonds. The summed E-state index contributed by atoms with van der Waals surface area (Å²) in [5, 5.41) is 3.52. The zero-order valence-corrected chi connectivity index (χ0v) is 12.1. The van der Waals surface area contributed by atoms with Gasteiger partial charge in [-0.05, 0) is 37.6 Å². The Kier molecular flexibility index (Phi) is 5.30. The Morgan fingerprint density at radius 1 is 1.25 bits per heavy atom. The van der Waals surface area contributed by atoms with Crippen LogP contribution < -0.4 is 5.32 Å². The molecular formula is C16H22FN3. The second kappa shape index (κ2) is 7.20. The average molecular weight is 275 g/mol. The first-order chi connectivity index (χ1) is 9.74. The molecule has 0 aliphatic heterocycles. The van der Waals surface area contributed by atoms with Gasteiger partial charge in [0, 0.05) is 31.4 Å². The van der Waals surface area contributed by atoms with Gasteiger partial charge >= 0.3 is 0 Å². The van der Waals surface area contributed by atoms with Crippen LogP contribution in [0.15, 0.2) is 36.7 Å². The summed E-state index contributed by atoms with van der Waals surface area (Å²) in [4.78, 5) is 4.43. The van der Waals surface area contributed by atoms with Crippen LogP contribution in [0.2, 0.25) is 0 Å². The Morgan fingerprint density at radius 2 is 2.00 bits per heavy atom. The van der Waals surface area contributed by atoms with E-state index >= 15 is 0 Å². The first-order valence-electron chi connectivity index (χ1n) is 7.23. The summed E-state index contributed by atoms with van der Waals surface area (Å²) in [6, 6.07) is 6.90. The van der Waals surface area contributed by atoms with Gasteiger partial charge in [0.25, 0.3) is 0 Å². The van der Waals surface area contributed by atoms with E-state index in [1.807, 2.05) is 24.5 Å². The summed E-state index contributed by atoms with van der Waals surface area (Å²) in [7, 11) is 0. The number of benzene rings is 1. The van der Waals surface area contributed by atoms with E-state index in [0.717, 1.165) is 37.3 Å². The monoisotopic (exact) mass is 275 g/mol. The molecule has 20 heavy (non-hydrogen) atoms. The maximum absolute atomic E-state index is 13.1. The third-order valence-electron chi connectivity index (χ3n) is 3.44. The highest BCUT2D eigenvalue weighted by Gasteiger charge is 2.14. The number of nitrogens with zero attached hydrogens (tertiary/aromatic N) is 2. The SMILES string of the molecule is CCCNC(Cc1nccn1CC)c1ccc(F)cc1. The molecule has 0 spiro atoms. The Labute approximate surface area is 119 Å². The van der Waals surface area contributed by atoms with Gasteiger partial charge in [-0.2, -0.15) is 0 Å². The summed E-state index contributed by atoms with van der Waals surface area (Å²) < 4.78 is 15.2. The Morgan fingerprint density at radius 3 is 2.65 bits per heavy atom. The molecule has 2 aromatic rings. The summed E-state index contributed by atoms with van der Waals surface area (Å²) in [6.45, 7) is 6.10. The van der Waals surface area contributed by atoms with Crippen LogP contribution in [0, 0.1) is 5.82 Å². The van der Waals surface area contributed by atoms with E-state index in [9.17, 15) is 4.39 Å². The molecule has 0 aliphatic rings. The highest BCUT2D eigenvalue weighted by Crippen LogP contribution is 2.18. The lowest BCUT2D eigenvalue weighted by molar-refractivity contribution is 0.505. The van der Waals surface area contributed by atoms with Crippen LogP contribution in [0.5, 0.6) is 0 Å². The number of imidazole rings is 1. The van der Waals surface area contributed by atoms with Gasteiger partial charge in [-0.15, -0.1) is 0 Å². The second-order valence-electron chi connectivity index (χ2n) is 4.89. The zero-order valence-electron chi connectivity index (χ0n) is 12.1. The molecule has 1 atom stereocenters. The van der Waals surface area contributed by atoms with E-state index in [1.54, 1.807) is 0 Å². The van der Waals surface area contributed by atoms with Gasteiger partial charge in [0.1, 0.15) is 11.6 Å². The average Bonchev–Trinajstić information content (AvgIpc) is 2.91. The normalized spacial score (nSPS) is 12.6. The van der Waals surface area contributed by atoms with Crippen LogP contribution in [-0.2, 0) is 13.0 Å². The van der Waals surface area contributed by atoms with Gasteiger partial charge in [0.2, 0.25) is 0 Å². The number of hydrogen-bond acceptors (Lipinski definition) is 2. The highest BCUT2D eigenvalue weighted by molar-refractivity contribution is 5.21. The molecule has 0 aliphatic carbocycles. The smallest absolute Gasteiger partial charge is 0.123 e. The summed E-state index contributed by atoms with van der Waals surface area (Å²) in [6.07, 6.45) is 5.71. The molecule has 1 aromatic carbocycles. The van der Waals surface area contributed by atoms with Crippen molar-refractivity contribution in [3.63, 3.8) is 0 Å². The Bertz CT molecular complexity index is 519. The molecule has 3 nitrogen and oxygen atoms in total. The number of aryl methyl sites for hydroxylation is 1. The van der Waals surface area contributed by atoms with Crippen molar-refractivity contribution in [1.82, 2.24) is 14.9 Å².